The Bertz CT molecular complexity index is 1120. The zero-order chi connectivity index (χ0) is 19.9. The Morgan fingerprint density at radius 1 is 1.30 bits per heavy atom. The van der Waals surface area contributed by atoms with Gasteiger partial charge in [-0.3, -0.25) is 14.3 Å². The third-order valence-corrected chi connectivity index (χ3v) is 4.92. The molecule has 0 fully saturated rings. The molecular formula is C18H15ClF3N3OS. The summed E-state index contributed by atoms with van der Waals surface area (Å²) in [6.45, 7) is 3.68. The minimum atomic E-state index is -4.73. The highest BCUT2D eigenvalue weighted by Gasteiger charge is 2.35. The van der Waals surface area contributed by atoms with Crippen molar-refractivity contribution in [2.75, 3.05) is 0 Å². The van der Waals surface area contributed by atoms with Crippen LogP contribution in [0.4, 0.5) is 13.2 Å². The third-order valence-electron chi connectivity index (χ3n) is 4.37. The van der Waals surface area contributed by atoms with Gasteiger partial charge in [0.05, 0.1) is 16.6 Å². The molecule has 2 heterocycles. The highest BCUT2D eigenvalue weighted by Crippen LogP contribution is 2.36. The molecular weight excluding hydrogens is 399 g/mol. The minimum Gasteiger partial charge on any atom is -0.300 e. The maximum absolute atomic E-state index is 13.7. The van der Waals surface area contributed by atoms with E-state index in [9.17, 15) is 18.0 Å². The molecule has 9 heteroatoms. The van der Waals surface area contributed by atoms with E-state index in [4.69, 9.17) is 23.8 Å². The quantitative estimate of drug-likeness (QED) is 0.555. The lowest BCUT2D eigenvalue weighted by Crippen LogP contribution is -2.22. The lowest BCUT2D eigenvalue weighted by Gasteiger charge is -2.19. The van der Waals surface area contributed by atoms with E-state index >= 15 is 0 Å². The van der Waals surface area contributed by atoms with Gasteiger partial charge in [0.25, 0.3) is 5.56 Å². The van der Waals surface area contributed by atoms with Crippen molar-refractivity contribution in [3.63, 3.8) is 0 Å². The number of rotatable bonds is 3. The maximum atomic E-state index is 13.7. The van der Waals surface area contributed by atoms with Crippen molar-refractivity contribution >= 4 is 34.9 Å². The first-order valence-corrected chi connectivity index (χ1v) is 8.94. The summed E-state index contributed by atoms with van der Waals surface area (Å²) < 4.78 is 42.7. The molecule has 0 bridgehead atoms. The van der Waals surface area contributed by atoms with E-state index in [0.717, 1.165) is 6.07 Å². The SMILES string of the molecule is CC[C@H](C)n1c(=S)[nH]c(=O)c2c(C(F)(F)F)cc(-c3ccc(Cl)cc3)nc21. The van der Waals surface area contributed by atoms with E-state index in [1.807, 2.05) is 6.92 Å². The summed E-state index contributed by atoms with van der Waals surface area (Å²) in [6, 6.07) is 6.92. The molecule has 0 aliphatic carbocycles. The predicted molar refractivity (Wildman–Crippen MR) is 102 cm³/mol. The van der Waals surface area contributed by atoms with E-state index in [1.54, 1.807) is 31.2 Å². The van der Waals surface area contributed by atoms with Crippen LogP contribution in [0.5, 0.6) is 0 Å². The highest BCUT2D eigenvalue weighted by atomic mass is 35.5. The van der Waals surface area contributed by atoms with Gasteiger partial charge in [0, 0.05) is 16.6 Å². The fraction of sp³-hybridized carbons (Fsp3) is 0.278. The standard InChI is InChI=1S/C18H15ClF3N3OS/c1-3-9(2)25-15-14(16(26)24-17(25)27)12(18(20,21)22)8-13(23-15)10-4-6-11(19)7-5-10/h4-9H,3H2,1-2H3,(H,24,26,27)/t9-/m0/s1. The van der Waals surface area contributed by atoms with Crippen LogP contribution < -0.4 is 5.56 Å². The molecule has 3 rings (SSSR count). The Labute approximate surface area is 162 Å². The number of hydrogen-bond donors (Lipinski definition) is 1. The van der Waals surface area contributed by atoms with E-state index < -0.39 is 22.7 Å². The van der Waals surface area contributed by atoms with Crippen LogP contribution in [0.25, 0.3) is 22.3 Å². The summed E-state index contributed by atoms with van der Waals surface area (Å²) in [5.41, 5.74) is -1.50. The average molecular weight is 414 g/mol. The molecule has 2 aromatic heterocycles. The van der Waals surface area contributed by atoms with Crippen LogP contribution in [-0.2, 0) is 6.18 Å². The summed E-state index contributed by atoms with van der Waals surface area (Å²) in [5.74, 6) is 0. The number of benzene rings is 1. The molecule has 1 aromatic carbocycles. The lowest BCUT2D eigenvalue weighted by molar-refractivity contribution is -0.136. The van der Waals surface area contributed by atoms with Crippen LogP contribution in [0.1, 0.15) is 31.9 Å². The molecule has 142 valence electrons. The van der Waals surface area contributed by atoms with Crippen LogP contribution in [0.3, 0.4) is 0 Å². The number of aromatic nitrogens is 3. The van der Waals surface area contributed by atoms with E-state index in [2.05, 4.69) is 9.97 Å². The Morgan fingerprint density at radius 2 is 1.93 bits per heavy atom. The smallest absolute Gasteiger partial charge is 0.300 e. The molecule has 27 heavy (non-hydrogen) atoms. The summed E-state index contributed by atoms with van der Waals surface area (Å²) in [7, 11) is 0. The van der Waals surface area contributed by atoms with Crippen LogP contribution >= 0.6 is 23.8 Å². The molecule has 0 amide bonds. The molecule has 0 radical (unpaired) electrons. The van der Waals surface area contributed by atoms with Gasteiger partial charge in [-0.15, -0.1) is 0 Å². The number of H-pyrrole nitrogens is 1. The molecule has 0 unspecified atom stereocenters. The van der Waals surface area contributed by atoms with Crippen molar-refractivity contribution in [3.8, 4) is 11.3 Å². The van der Waals surface area contributed by atoms with Gasteiger partial charge in [0.15, 0.2) is 4.77 Å². The van der Waals surface area contributed by atoms with Gasteiger partial charge in [-0.2, -0.15) is 13.2 Å². The first-order chi connectivity index (χ1) is 12.6. The molecule has 3 aromatic rings. The third kappa shape index (κ3) is 3.64. The van der Waals surface area contributed by atoms with Crippen molar-refractivity contribution in [1.29, 1.82) is 0 Å². The maximum Gasteiger partial charge on any atom is 0.417 e. The second kappa shape index (κ2) is 7.09. The molecule has 1 atom stereocenters. The summed E-state index contributed by atoms with van der Waals surface area (Å²) in [6.07, 6.45) is -4.13. The van der Waals surface area contributed by atoms with Gasteiger partial charge in [-0.05, 0) is 43.8 Å². The number of halogens is 4. The normalized spacial score (nSPS) is 13.1. The van der Waals surface area contributed by atoms with Crippen LogP contribution in [0, 0.1) is 4.77 Å². The lowest BCUT2D eigenvalue weighted by atomic mass is 10.1. The number of nitrogens with one attached hydrogen (secondary N) is 1. The van der Waals surface area contributed by atoms with E-state index in [-0.39, 0.29) is 22.2 Å². The molecule has 4 nitrogen and oxygen atoms in total. The van der Waals surface area contributed by atoms with Gasteiger partial charge >= 0.3 is 6.18 Å². The second-order valence-electron chi connectivity index (χ2n) is 6.14. The Morgan fingerprint density at radius 3 is 2.48 bits per heavy atom. The largest absolute Gasteiger partial charge is 0.417 e. The average Bonchev–Trinajstić information content (AvgIpc) is 2.60. The number of pyridine rings is 1. The highest BCUT2D eigenvalue weighted by molar-refractivity contribution is 7.71. The Hall–Kier alpha value is -2.19. The van der Waals surface area contributed by atoms with Gasteiger partial charge < -0.3 is 0 Å². The zero-order valence-corrected chi connectivity index (χ0v) is 16.0. The van der Waals surface area contributed by atoms with Crippen molar-refractivity contribution in [2.45, 2.75) is 32.5 Å². The molecule has 0 aliphatic rings. The molecule has 1 N–H and O–H groups in total. The first kappa shape index (κ1) is 19.6. The van der Waals surface area contributed by atoms with Gasteiger partial charge in [0.2, 0.25) is 0 Å². The van der Waals surface area contributed by atoms with E-state index in [1.165, 1.54) is 4.57 Å². The fourth-order valence-electron chi connectivity index (χ4n) is 2.83. The molecule has 0 saturated carbocycles. The van der Waals surface area contributed by atoms with Gasteiger partial charge in [-0.25, -0.2) is 4.98 Å². The van der Waals surface area contributed by atoms with E-state index in [0.29, 0.717) is 17.0 Å². The van der Waals surface area contributed by atoms with Crippen molar-refractivity contribution in [3.05, 3.63) is 56.0 Å². The van der Waals surface area contributed by atoms with Crippen LogP contribution in [0.2, 0.25) is 5.02 Å². The summed E-state index contributed by atoms with van der Waals surface area (Å²) in [4.78, 5) is 19.0. The number of fused-ring (bicyclic) bond motifs is 1. The molecule has 0 aliphatic heterocycles. The monoisotopic (exact) mass is 413 g/mol. The Kier molecular flexibility index (Phi) is 5.14. The van der Waals surface area contributed by atoms with Gasteiger partial charge in [-0.1, -0.05) is 30.7 Å². The molecule has 0 spiro atoms. The number of hydrogen-bond acceptors (Lipinski definition) is 3. The van der Waals surface area contributed by atoms with Crippen LogP contribution in [0.15, 0.2) is 35.1 Å². The fourth-order valence-corrected chi connectivity index (χ4v) is 3.31. The second-order valence-corrected chi connectivity index (χ2v) is 6.97. The summed E-state index contributed by atoms with van der Waals surface area (Å²) in [5, 5.41) is -0.0661. The topological polar surface area (TPSA) is 50.7 Å². The molecule has 0 saturated heterocycles. The number of nitrogens with zero attached hydrogens (tertiary/aromatic N) is 2. The Balaban J connectivity index is 2.49. The minimum absolute atomic E-state index is 0.0377. The van der Waals surface area contributed by atoms with Crippen LogP contribution in [-0.4, -0.2) is 14.5 Å². The van der Waals surface area contributed by atoms with Crippen molar-refractivity contribution < 1.29 is 13.2 Å². The number of aromatic amines is 1. The number of alkyl halides is 3. The first-order valence-electron chi connectivity index (χ1n) is 8.16. The zero-order valence-electron chi connectivity index (χ0n) is 14.4. The predicted octanol–water partition coefficient (Wildman–Crippen LogP) is 5.76. The van der Waals surface area contributed by atoms with Crippen molar-refractivity contribution in [2.24, 2.45) is 0 Å². The summed E-state index contributed by atoms with van der Waals surface area (Å²) >= 11 is 11.1. The van der Waals surface area contributed by atoms with Crippen molar-refractivity contribution in [1.82, 2.24) is 14.5 Å². The van der Waals surface area contributed by atoms with Gasteiger partial charge in [0.1, 0.15) is 5.65 Å².